The van der Waals surface area contributed by atoms with E-state index in [4.69, 9.17) is 9.84 Å². The third-order valence-corrected chi connectivity index (χ3v) is 6.43. The fourth-order valence-corrected chi connectivity index (χ4v) is 4.68. The quantitative estimate of drug-likeness (QED) is 0.411. The summed E-state index contributed by atoms with van der Waals surface area (Å²) < 4.78 is 5.67. The molecule has 1 atom stereocenters. The van der Waals surface area contributed by atoms with Gasteiger partial charge in [-0.15, -0.1) is 0 Å². The number of hydrogen-bond acceptors (Lipinski definition) is 4. The minimum Gasteiger partial charge on any atom is -0.481 e. The first kappa shape index (κ1) is 26.3. The van der Waals surface area contributed by atoms with Crippen LogP contribution in [0.25, 0.3) is 11.1 Å². The fourth-order valence-electron chi connectivity index (χ4n) is 4.68. The number of rotatable bonds is 13. The number of carbonyl (C=O) groups excluding carboxylic acids is 2. The number of benzene rings is 2. The molecule has 3 rings (SSSR count). The van der Waals surface area contributed by atoms with Gasteiger partial charge in [-0.2, -0.15) is 0 Å². The van der Waals surface area contributed by atoms with Gasteiger partial charge in [0, 0.05) is 31.5 Å². The van der Waals surface area contributed by atoms with E-state index in [-0.39, 0.29) is 43.9 Å². The number of fused-ring (bicyclic) bond motifs is 3. The van der Waals surface area contributed by atoms with E-state index in [1.807, 2.05) is 31.2 Å². The number of alkyl carbamates (subject to hydrolysis) is 1. The lowest BCUT2D eigenvalue weighted by molar-refractivity contribution is -0.138. The summed E-state index contributed by atoms with van der Waals surface area (Å²) >= 11 is 0. The molecular formula is C28H36N2O5. The Morgan fingerprint density at radius 3 is 2.17 bits per heavy atom. The van der Waals surface area contributed by atoms with E-state index in [9.17, 15) is 14.4 Å². The zero-order chi connectivity index (χ0) is 25.2. The molecule has 1 aliphatic carbocycles. The van der Waals surface area contributed by atoms with Crippen LogP contribution in [0.5, 0.6) is 0 Å². The number of carboxylic acids is 1. The molecule has 2 N–H and O–H groups in total. The van der Waals surface area contributed by atoms with Crippen molar-refractivity contribution < 1.29 is 24.2 Å². The van der Waals surface area contributed by atoms with E-state index in [0.717, 1.165) is 30.4 Å². The molecule has 188 valence electrons. The molecule has 0 radical (unpaired) electrons. The van der Waals surface area contributed by atoms with Crippen LogP contribution in [0.4, 0.5) is 4.79 Å². The number of carboxylic acid groups (broad SMARTS) is 1. The summed E-state index contributed by atoms with van der Waals surface area (Å²) in [6.45, 7) is 4.90. The van der Waals surface area contributed by atoms with Crippen LogP contribution in [0.3, 0.4) is 0 Å². The van der Waals surface area contributed by atoms with Gasteiger partial charge in [-0.3, -0.25) is 9.59 Å². The Morgan fingerprint density at radius 1 is 0.971 bits per heavy atom. The molecule has 2 amide bonds. The first-order valence-electron chi connectivity index (χ1n) is 12.6. The van der Waals surface area contributed by atoms with Crippen molar-refractivity contribution in [3.63, 3.8) is 0 Å². The molecule has 0 saturated heterocycles. The van der Waals surface area contributed by atoms with Crippen molar-refractivity contribution in [2.45, 2.75) is 64.3 Å². The maximum absolute atomic E-state index is 12.9. The average molecular weight is 481 g/mol. The van der Waals surface area contributed by atoms with Crippen LogP contribution in [0.1, 0.15) is 69.4 Å². The number of amides is 2. The van der Waals surface area contributed by atoms with Crippen LogP contribution < -0.4 is 5.32 Å². The summed E-state index contributed by atoms with van der Waals surface area (Å²) in [5, 5.41) is 11.9. The first-order valence-corrected chi connectivity index (χ1v) is 12.6. The minimum atomic E-state index is -0.932. The molecule has 0 saturated carbocycles. The highest BCUT2D eigenvalue weighted by Gasteiger charge is 2.29. The Labute approximate surface area is 207 Å². The van der Waals surface area contributed by atoms with Crippen molar-refractivity contribution in [1.82, 2.24) is 10.2 Å². The van der Waals surface area contributed by atoms with Gasteiger partial charge in [-0.1, -0.05) is 75.2 Å². The number of ether oxygens (including phenoxy) is 1. The van der Waals surface area contributed by atoms with E-state index in [1.54, 1.807) is 4.90 Å². The predicted octanol–water partition coefficient (Wildman–Crippen LogP) is 5.19. The van der Waals surface area contributed by atoms with Crippen molar-refractivity contribution in [1.29, 1.82) is 0 Å². The number of aliphatic carboxylic acids is 1. The van der Waals surface area contributed by atoms with Gasteiger partial charge in [0.05, 0.1) is 6.42 Å². The summed E-state index contributed by atoms with van der Waals surface area (Å²) in [4.78, 5) is 38.2. The minimum absolute atomic E-state index is 0.0278. The van der Waals surface area contributed by atoms with Gasteiger partial charge in [-0.05, 0) is 35.1 Å². The van der Waals surface area contributed by atoms with Gasteiger partial charge in [0.1, 0.15) is 6.61 Å². The van der Waals surface area contributed by atoms with Crippen LogP contribution in [0, 0.1) is 0 Å². The molecule has 0 bridgehead atoms. The average Bonchev–Trinajstić information content (AvgIpc) is 3.17. The van der Waals surface area contributed by atoms with Crippen molar-refractivity contribution >= 4 is 18.0 Å². The zero-order valence-electron chi connectivity index (χ0n) is 20.7. The summed E-state index contributed by atoms with van der Waals surface area (Å²) in [5.41, 5.74) is 4.63. The largest absolute Gasteiger partial charge is 0.481 e. The maximum atomic E-state index is 12.9. The monoisotopic (exact) mass is 480 g/mol. The predicted molar refractivity (Wildman–Crippen MR) is 135 cm³/mol. The second-order valence-corrected chi connectivity index (χ2v) is 9.04. The Morgan fingerprint density at radius 2 is 1.60 bits per heavy atom. The molecule has 7 nitrogen and oxygen atoms in total. The third kappa shape index (κ3) is 7.07. The molecule has 0 aromatic heterocycles. The SMILES string of the molecule is CCCCC(CC(=O)N(CCC)CCC(=O)O)NC(=O)OCC1c2ccccc2-c2ccccc21. The van der Waals surface area contributed by atoms with Crippen LogP contribution in [0.2, 0.25) is 0 Å². The van der Waals surface area contributed by atoms with Gasteiger partial charge in [-0.25, -0.2) is 4.79 Å². The van der Waals surface area contributed by atoms with Gasteiger partial charge < -0.3 is 20.1 Å². The van der Waals surface area contributed by atoms with E-state index < -0.39 is 12.1 Å². The van der Waals surface area contributed by atoms with Crippen molar-refractivity contribution in [3.8, 4) is 11.1 Å². The lowest BCUT2D eigenvalue weighted by atomic mass is 9.98. The maximum Gasteiger partial charge on any atom is 0.407 e. The molecule has 0 spiro atoms. The molecule has 0 fully saturated rings. The van der Waals surface area contributed by atoms with E-state index in [2.05, 4.69) is 36.5 Å². The van der Waals surface area contributed by atoms with Gasteiger partial charge in [0.25, 0.3) is 0 Å². The standard InChI is InChI=1S/C28H36N2O5/c1-3-5-10-20(18-26(31)30(16-4-2)17-15-27(32)33)29-28(34)35-19-25-23-13-8-6-11-21(23)22-12-7-9-14-24(22)25/h6-9,11-14,20,25H,3-5,10,15-19H2,1-2H3,(H,29,34)(H,32,33). The Kier molecular flexibility index (Phi) is 9.70. The highest BCUT2D eigenvalue weighted by atomic mass is 16.5. The van der Waals surface area contributed by atoms with Crippen molar-refractivity contribution in [3.05, 3.63) is 59.7 Å². The number of hydrogen-bond donors (Lipinski definition) is 2. The Hall–Kier alpha value is -3.35. The smallest absolute Gasteiger partial charge is 0.407 e. The van der Waals surface area contributed by atoms with Gasteiger partial charge >= 0.3 is 12.1 Å². The first-order chi connectivity index (χ1) is 16.9. The highest BCUT2D eigenvalue weighted by Crippen LogP contribution is 2.44. The molecule has 2 aromatic rings. The lowest BCUT2D eigenvalue weighted by Gasteiger charge is -2.25. The molecule has 7 heteroatoms. The second kappa shape index (κ2) is 12.9. The normalized spacial score (nSPS) is 13.0. The summed E-state index contributed by atoms with van der Waals surface area (Å²) in [7, 11) is 0. The third-order valence-electron chi connectivity index (χ3n) is 6.43. The van der Waals surface area contributed by atoms with Crippen LogP contribution in [0.15, 0.2) is 48.5 Å². The molecule has 0 aliphatic heterocycles. The molecule has 35 heavy (non-hydrogen) atoms. The lowest BCUT2D eigenvalue weighted by Crippen LogP contribution is -2.42. The van der Waals surface area contributed by atoms with Crippen LogP contribution >= 0.6 is 0 Å². The van der Waals surface area contributed by atoms with Crippen LogP contribution in [-0.4, -0.2) is 53.7 Å². The molecule has 0 heterocycles. The number of nitrogens with one attached hydrogen (secondary N) is 1. The molecule has 1 unspecified atom stereocenters. The summed E-state index contributed by atoms with van der Waals surface area (Å²) in [6.07, 6.45) is 2.71. The second-order valence-electron chi connectivity index (χ2n) is 9.04. The molecular weight excluding hydrogens is 444 g/mol. The molecule has 1 aliphatic rings. The number of carbonyl (C=O) groups is 3. The Bertz CT molecular complexity index is 976. The van der Waals surface area contributed by atoms with E-state index in [0.29, 0.717) is 13.0 Å². The van der Waals surface area contributed by atoms with Gasteiger partial charge in [0.2, 0.25) is 5.91 Å². The van der Waals surface area contributed by atoms with E-state index in [1.165, 1.54) is 11.1 Å². The zero-order valence-corrected chi connectivity index (χ0v) is 20.7. The number of nitrogens with zero attached hydrogens (tertiary/aromatic N) is 1. The highest BCUT2D eigenvalue weighted by molar-refractivity contribution is 5.80. The van der Waals surface area contributed by atoms with Crippen molar-refractivity contribution in [2.24, 2.45) is 0 Å². The topological polar surface area (TPSA) is 95.9 Å². The fraction of sp³-hybridized carbons (Fsp3) is 0.464. The van der Waals surface area contributed by atoms with Crippen LogP contribution in [-0.2, 0) is 14.3 Å². The summed E-state index contributed by atoms with van der Waals surface area (Å²) in [5.74, 6) is -1.11. The number of unbranched alkanes of at least 4 members (excludes halogenated alkanes) is 1. The van der Waals surface area contributed by atoms with E-state index >= 15 is 0 Å². The molecule has 2 aromatic carbocycles. The Balaban J connectivity index is 1.61. The van der Waals surface area contributed by atoms with Gasteiger partial charge in [0.15, 0.2) is 0 Å². The summed E-state index contributed by atoms with van der Waals surface area (Å²) in [6, 6.07) is 16.0. The van der Waals surface area contributed by atoms with Crippen molar-refractivity contribution in [2.75, 3.05) is 19.7 Å².